The summed E-state index contributed by atoms with van der Waals surface area (Å²) < 4.78 is 5.70. The molecule has 0 spiro atoms. The maximum atomic E-state index is 12.3. The molecule has 2 heterocycles. The molecule has 1 saturated heterocycles. The zero-order valence-corrected chi connectivity index (χ0v) is 20.2. The summed E-state index contributed by atoms with van der Waals surface area (Å²) in [6.45, 7) is 6.73. The molecule has 3 N–H and O–H groups in total. The Morgan fingerprint density at radius 2 is 2.09 bits per heavy atom. The molecule has 1 amide bonds. The van der Waals surface area contributed by atoms with Crippen LogP contribution in [0.4, 0.5) is 0 Å². The molecule has 0 saturated carbocycles. The molecule has 1 unspecified atom stereocenters. The summed E-state index contributed by atoms with van der Waals surface area (Å²) in [5.41, 5.74) is 2.79. The molecule has 0 bridgehead atoms. The van der Waals surface area contributed by atoms with Gasteiger partial charge < -0.3 is 25.0 Å². The third kappa shape index (κ3) is 6.27. The fourth-order valence-electron chi connectivity index (χ4n) is 4.55. The number of amides is 1. The lowest BCUT2D eigenvalue weighted by Gasteiger charge is -2.22. The highest BCUT2D eigenvalue weighted by Gasteiger charge is 2.22. The Morgan fingerprint density at radius 1 is 1.23 bits per heavy atom. The van der Waals surface area contributed by atoms with E-state index in [0.29, 0.717) is 40.9 Å². The van der Waals surface area contributed by atoms with Crippen LogP contribution in [-0.2, 0) is 4.79 Å². The van der Waals surface area contributed by atoms with Gasteiger partial charge in [-0.3, -0.25) is 4.79 Å². The third-order valence-corrected chi connectivity index (χ3v) is 6.46. The molecule has 0 aliphatic carbocycles. The highest BCUT2D eigenvalue weighted by molar-refractivity contribution is 5.77. The van der Waals surface area contributed by atoms with Crippen molar-refractivity contribution in [2.75, 3.05) is 26.2 Å². The molecule has 184 valence electrons. The SMILES string of the molecule is CCN1CCCC1CCNC(=O)COc1cccc(-c2cc(-c3ccc(O)c(C)c3)[nH]c(=O)n2)c1. The van der Waals surface area contributed by atoms with Gasteiger partial charge in [-0.2, -0.15) is 4.98 Å². The smallest absolute Gasteiger partial charge is 0.345 e. The number of nitrogens with zero attached hydrogens (tertiary/aromatic N) is 2. The van der Waals surface area contributed by atoms with Crippen LogP contribution in [0.5, 0.6) is 11.5 Å². The number of phenolic OH excluding ortho intramolecular Hbond substituents is 1. The summed E-state index contributed by atoms with van der Waals surface area (Å²) >= 11 is 0. The Balaban J connectivity index is 1.38. The van der Waals surface area contributed by atoms with Crippen LogP contribution in [0, 0.1) is 6.92 Å². The van der Waals surface area contributed by atoms with Gasteiger partial charge in [-0.1, -0.05) is 19.1 Å². The predicted molar refractivity (Wildman–Crippen MR) is 136 cm³/mol. The third-order valence-electron chi connectivity index (χ3n) is 6.46. The number of ether oxygens (including phenoxy) is 1. The standard InChI is InChI=1S/C27H32N4O4/c1-3-31-13-5-7-21(31)11-12-28-26(33)17-35-22-8-4-6-19(15-22)23-16-24(30-27(34)29-23)20-9-10-25(32)18(2)14-20/h4,6,8-10,14-16,21,32H,3,5,7,11-13,17H2,1-2H3,(H,28,33)(H,29,30,34). The van der Waals surface area contributed by atoms with Gasteiger partial charge >= 0.3 is 5.69 Å². The van der Waals surface area contributed by atoms with Crippen LogP contribution in [0.2, 0.25) is 0 Å². The summed E-state index contributed by atoms with van der Waals surface area (Å²) in [7, 11) is 0. The van der Waals surface area contributed by atoms with Crippen molar-refractivity contribution >= 4 is 5.91 Å². The minimum atomic E-state index is -0.474. The van der Waals surface area contributed by atoms with Crippen LogP contribution in [-0.4, -0.2) is 58.2 Å². The van der Waals surface area contributed by atoms with Gasteiger partial charge in [0.25, 0.3) is 5.91 Å². The summed E-state index contributed by atoms with van der Waals surface area (Å²) in [5, 5.41) is 12.7. The van der Waals surface area contributed by atoms with Crippen molar-refractivity contribution in [2.24, 2.45) is 0 Å². The molecule has 2 aromatic carbocycles. The quantitative estimate of drug-likeness (QED) is 0.436. The van der Waals surface area contributed by atoms with Crippen LogP contribution in [0.25, 0.3) is 22.5 Å². The van der Waals surface area contributed by atoms with Crippen molar-refractivity contribution in [3.8, 4) is 34.0 Å². The first-order chi connectivity index (χ1) is 16.9. The number of hydrogen-bond acceptors (Lipinski definition) is 6. The molecule has 8 nitrogen and oxygen atoms in total. The van der Waals surface area contributed by atoms with Crippen LogP contribution in [0.1, 0.15) is 31.7 Å². The van der Waals surface area contributed by atoms with E-state index in [4.69, 9.17) is 4.74 Å². The number of H-pyrrole nitrogens is 1. The molecule has 35 heavy (non-hydrogen) atoms. The molecule has 4 rings (SSSR count). The van der Waals surface area contributed by atoms with E-state index in [0.717, 1.165) is 25.1 Å². The van der Waals surface area contributed by atoms with E-state index in [1.165, 1.54) is 12.8 Å². The molecule has 3 aromatic rings. The van der Waals surface area contributed by atoms with Crippen molar-refractivity contribution in [1.29, 1.82) is 0 Å². The number of aromatic hydroxyl groups is 1. The highest BCUT2D eigenvalue weighted by atomic mass is 16.5. The molecule has 8 heteroatoms. The zero-order chi connectivity index (χ0) is 24.8. The average Bonchev–Trinajstić information content (AvgIpc) is 3.32. The van der Waals surface area contributed by atoms with Crippen LogP contribution in [0.15, 0.2) is 53.3 Å². The fourth-order valence-corrected chi connectivity index (χ4v) is 4.55. The largest absolute Gasteiger partial charge is 0.508 e. The van der Waals surface area contributed by atoms with E-state index in [1.54, 1.807) is 49.4 Å². The summed E-state index contributed by atoms with van der Waals surface area (Å²) in [6.07, 6.45) is 3.37. The Labute approximate surface area is 205 Å². The van der Waals surface area contributed by atoms with E-state index in [-0.39, 0.29) is 18.3 Å². The topological polar surface area (TPSA) is 108 Å². The van der Waals surface area contributed by atoms with Gasteiger partial charge in [-0.25, -0.2) is 4.79 Å². The number of nitrogens with one attached hydrogen (secondary N) is 2. The number of benzene rings is 2. The number of aromatic amines is 1. The van der Waals surface area contributed by atoms with Gasteiger partial charge in [-0.05, 0) is 86.8 Å². The number of rotatable bonds is 9. The molecule has 1 aromatic heterocycles. The van der Waals surface area contributed by atoms with E-state index < -0.39 is 5.69 Å². The lowest BCUT2D eigenvalue weighted by Crippen LogP contribution is -2.35. The normalized spacial score (nSPS) is 15.8. The number of phenols is 1. The predicted octanol–water partition coefficient (Wildman–Crippen LogP) is 3.49. The lowest BCUT2D eigenvalue weighted by atomic mass is 10.1. The average molecular weight is 477 g/mol. The minimum Gasteiger partial charge on any atom is -0.508 e. The number of likely N-dealkylation sites (tertiary alicyclic amines) is 1. The van der Waals surface area contributed by atoms with Crippen molar-refractivity contribution in [3.63, 3.8) is 0 Å². The van der Waals surface area contributed by atoms with Gasteiger partial charge in [-0.15, -0.1) is 0 Å². The molecular weight excluding hydrogens is 444 g/mol. The van der Waals surface area contributed by atoms with Crippen LogP contribution in [0.3, 0.4) is 0 Å². The Bertz CT molecular complexity index is 1240. The van der Waals surface area contributed by atoms with Gasteiger partial charge in [0.1, 0.15) is 11.5 Å². The van der Waals surface area contributed by atoms with Crippen LogP contribution < -0.4 is 15.7 Å². The van der Waals surface area contributed by atoms with Gasteiger partial charge in [0, 0.05) is 18.2 Å². The van der Waals surface area contributed by atoms with Gasteiger partial charge in [0.2, 0.25) is 0 Å². The first kappa shape index (κ1) is 24.5. The first-order valence-electron chi connectivity index (χ1n) is 12.1. The zero-order valence-electron chi connectivity index (χ0n) is 20.2. The number of aromatic nitrogens is 2. The van der Waals surface area contributed by atoms with E-state index >= 15 is 0 Å². The van der Waals surface area contributed by atoms with Crippen molar-refractivity contribution in [2.45, 2.75) is 39.2 Å². The summed E-state index contributed by atoms with van der Waals surface area (Å²) in [5.74, 6) is 0.561. The Kier molecular flexibility index (Phi) is 7.82. The number of carbonyl (C=O) groups excluding carboxylic acids is 1. The van der Waals surface area contributed by atoms with E-state index in [2.05, 4.69) is 27.1 Å². The highest BCUT2D eigenvalue weighted by Crippen LogP contribution is 2.27. The van der Waals surface area contributed by atoms with Crippen molar-refractivity contribution in [3.05, 3.63) is 64.6 Å². The second kappa shape index (κ2) is 11.2. The molecule has 1 aliphatic rings. The molecule has 1 aliphatic heterocycles. The molecule has 1 atom stereocenters. The van der Waals surface area contributed by atoms with Crippen molar-refractivity contribution < 1.29 is 14.6 Å². The monoisotopic (exact) mass is 476 g/mol. The number of carbonyl (C=O) groups is 1. The van der Waals surface area contributed by atoms with E-state index in [9.17, 15) is 14.7 Å². The van der Waals surface area contributed by atoms with Gasteiger partial charge in [0.15, 0.2) is 6.61 Å². The Morgan fingerprint density at radius 3 is 2.89 bits per heavy atom. The number of hydrogen-bond donors (Lipinski definition) is 3. The van der Waals surface area contributed by atoms with E-state index in [1.807, 2.05) is 6.07 Å². The second-order valence-corrected chi connectivity index (χ2v) is 8.87. The maximum absolute atomic E-state index is 12.3. The van der Waals surface area contributed by atoms with Crippen molar-refractivity contribution in [1.82, 2.24) is 20.2 Å². The second-order valence-electron chi connectivity index (χ2n) is 8.87. The summed E-state index contributed by atoms with van der Waals surface area (Å²) in [6, 6.07) is 14.6. The maximum Gasteiger partial charge on any atom is 0.345 e. The first-order valence-corrected chi connectivity index (χ1v) is 12.1. The summed E-state index contributed by atoms with van der Waals surface area (Å²) in [4.78, 5) is 33.8. The van der Waals surface area contributed by atoms with Crippen LogP contribution >= 0.6 is 0 Å². The molecule has 0 radical (unpaired) electrons. The lowest BCUT2D eigenvalue weighted by molar-refractivity contribution is -0.123. The van der Waals surface area contributed by atoms with Gasteiger partial charge in [0.05, 0.1) is 11.4 Å². The molecule has 1 fully saturated rings. The molecular formula is C27H32N4O4. The fraction of sp³-hybridized carbons (Fsp3) is 0.370. The minimum absolute atomic E-state index is 0.0769. The Hall–Kier alpha value is -3.65. The number of aryl methyl sites for hydroxylation is 1.